The van der Waals surface area contributed by atoms with Gasteiger partial charge >= 0.3 is 0 Å². The van der Waals surface area contributed by atoms with Gasteiger partial charge in [-0.15, -0.1) is 5.10 Å². The van der Waals surface area contributed by atoms with Crippen LogP contribution in [0.3, 0.4) is 0 Å². The molecule has 0 amide bonds. The maximum atomic E-state index is 4.34. The minimum absolute atomic E-state index is 0.148. The van der Waals surface area contributed by atoms with Gasteiger partial charge in [-0.3, -0.25) is 4.98 Å². The molecule has 0 saturated carbocycles. The first kappa shape index (κ1) is 12.3. The van der Waals surface area contributed by atoms with Gasteiger partial charge in [0.25, 0.3) is 0 Å². The van der Waals surface area contributed by atoms with Gasteiger partial charge in [0.1, 0.15) is 6.33 Å². The van der Waals surface area contributed by atoms with Crippen molar-refractivity contribution in [3.63, 3.8) is 0 Å². The van der Waals surface area contributed by atoms with Crippen molar-refractivity contribution in [2.75, 3.05) is 5.32 Å². The fraction of sp³-hybridized carbons (Fsp3) is 0.143. The van der Waals surface area contributed by atoms with Crippen molar-refractivity contribution in [3.8, 4) is 5.69 Å². The van der Waals surface area contributed by atoms with Crippen LogP contribution in [0.5, 0.6) is 0 Å². The zero-order chi connectivity index (χ0) is 13.8. The number of benzene rings is 1. The third-order valence-corrected chi connectivity index (χ3v) is 3.00. The van der Waals surface area contributed by atoms with Gasteiger partial charge in [-0.05, 0) is 53.7 Å². The molecular weight excluding hydrogens is 252 g/mol. The Bertz CT molecular complexity index is 648. The van der Waals surface area contributed by atoms with E-state index in [0.29, 0.717) is 0 Å². The summed E-state index contributed by atoms with van der Waals surface area (Å²) in [4.78, 5) is 4.34. The summed E-state index contributed by atoms with van der Waals surface area (Å²) in [6, 6.07) is 14.0. The number of nitrogens with zero attached hydrogens (tertiary/aromatic N) is 5. The van der Waals surface area contributed by atoms with Gasteiger partial charge in [0.15, 0.2) is 0 Å². The van der Waals surface area contributed by atoms with E-state index >= 15 is 0 Å². The Kier molecular flexibility index (Phi) is 3.36. The van der Waals surface area contributed by atoms with Crippen LogP contribution in [-0.2, 0) is 0 Å². The number of anilines is 1. The third kappa shape index (κ3) is 2.64. The zero-order valence-corrected chi connectivity index (χ0v) is 11.0. The van der Waals surface area contributed by atoms with E-state index in [0.717, 1.165) is 17.1 Å². The highest BCUT2D eigenvalue weighted by Crippen LogP contribution is 2.18. The maximum Gasteiger partial charge on any atom is 0.143 e. The second-order valence-electron chi connectivity index (χ2n) is 4.42. The number of hydrogen-bond acceptors (Lipinski definition) is 5. The summed E-state index contributed by atoms with van der Waals surface area (Å²) in [5, 5.41) is 14.5. The standard InChI is InChI=1S/C14H14N6/c1-11(14-4-2-3-9-15-14)17-12-5-7-13(8-6-12)20-10-16-18-19-20/h2-11,17H,1H3. The molecule has 6 heteroatoms. The third-order valence-electron chi connectivity index (χ3n) is 3.00. The van der Waals surface area contributed by atoms with E-state index in [-0.39, 0.29) is 6.04 Å². The van der Waals surface area contributed by atoms with Crippen LogP contribution in [0.2, 0.25) is 0 Å². The second kappa shape index (κ2) is 5.48. The Labute approximate surface area is 116 Å². The molecule has 0 fully saturated rings. The van der Waals surface area contributed by atoms with Gasteiger partial charge in [0, 0.05) is 11.9 Å². The second-order valence-corrected chi connectivity index (χ2v) is 4.42. The number of hydrogen-bond donors (Lipinski definition) is 1. The molecule has 1 N–H and O–H groups in total. The lowest BCUT2D eigenvalue weighted by Crippen LogP contribution is -2.08. The molecule has 20 heavy (non-hydrogen) atoms. The summed E-state index contributed by atoms with van der Waals surface area (Å²) in [6.07, 6.45) is 3.37. The summed E-state index contributed by atoms with van der Waals surface area (Å²) >= 11 is 0. The van der Waals surface area contributed by atoms with Crippen molar-refractivity contribution in [1.82, 2.24) is 25.2 Å². The van der Waals surface area contributed by atoms with Crippen molar-refractivity contribution < 1.29 is 0 Å². The first-order valence-electron chi connectivity index (χ1n) is 6.34. The van der Waals surface area contributed by atoms with Gasteiger partial charge in [-0.25, -0.2) is 4.68 Å². The molecule has 100 valence electrons. The van der Waals surface area contributed by atoms with Gasteiger partial charge in [-0.1, -0.05) is 6.07 Å². The van der Waals surface area contributed by atoms with Gasteiger partial charge in [0.05, 0.1) is 17.4 Å². The Balaban J connectivity index is 1.72. The molecule has 1 atom stereocenters. The molecule has 0 aliphatic carbocycles. The molecule has 3 rings (SSSR count). The molecule has 2 heterocycles. The van der Waals surface area contributed by atoms with Crippen molar-refractivity contribution in [1.29, 1.82) is 0 Å². The highest BCUT2D eigenvalue weighted by Gasteiger charge is 2.06. The monoisotopic (exact) mass is 266 g/mol. The zero-order valence-electron chi connectivity index (χ0n) is 11.0. The number of nitrogens with one attached hydrogen (secondary N) is 1. The normalized spacial score (nSPS) is 12.1. The average molecular weight is 266 g/mol. The van der Waals surface area contributed by atoms with E-state index in [1.165, 1.54) is 0 Å². The summed E-state index contributed by atoms with van der Waals surface area (Å²) in [6.45, 7) is 2.08. The molecule has 0 radical (unpaired) electrons. The highest BCUT2D eigenvalue weighted by atomic mass is 15.5. The van der Waals surface area contributed by atoms with Crippen LogP contribution in [0.15, 0.2) is 55.0 Å². The first-order chi connectivity index (χ1) is 9.83. The number of rotatable bonds is 4. The summed E-state index contributed by atoms with van der Waals surface area (Å²) < 4.78 is 1.62. The van der Waals surface area contributed by atoms with Crippen LogP contribution in [0, 0.1) is 0 Å². The highest BCUT2D eigenvalue weighted by molar-refractivity contribution is 5.49. The predicted molar refractivity (Wildman–Crippen MR) is 75.4 cm³/mol. The van der Waals surface area contributed by atoms with E-state index in [2.05, 4.69) is 32.7 Å². The molecule has 0 aliphatic heterocycles. The predicted octanol–water partition coefficient (Wildman–Crippen LogP) is 2.23. The molecule has 0 aliphatic rings. The average Bonchev–Trinajstić information content (AvgIpc) is 3.03. The van der Waals surface area contributed by atoms with Crippen LogP contribution in [0.25, 0.3) is 5.69 Å². The fourth-order valence-electron chi connectivity index (χ4n) is 1.95. The SMILES string of the molecule is CC(Nc1ccc(-n2cnnn2)cc1)c1ccccn1. The lowest BCUT2D eigenvalue weighted by Gasteiger charge is -2.14. The van der Waals surface area contributed by atoms with E-state index < -0.39 is 0 Å². The van der Waals surface area contributed by atoms with E-state index in [1.54, 1.807) is 17.2 Å². The minimum Gasteiger partial charge on any atom is -0.377 e. The molecular formula is C14H14N6. The van der Waals surface area contributed by atoms with Crippen LogP contribution < -0.4 is 5.32 Å². The molecule has 2 aromatic heterocycles. The Hall–Kier alpha value is -2.76. The lowest BCUT2D eigenvalue weighted by molar-refractivity contribution is 0.788. The molecule has 6 nitrogen and oxygen atoms in total. The number of pyridine rings is 1. The number of tetrazole rings is 1. The van der Waals surface area contributed by atoms with Crippen LogP contribution in [-0.4, -0.2) is 25.2 Å². The molecule has 0 spiro atoms. The quantitative estimate of drug-likeness (QED) is 0.784. The van der Waals surface area contributed by atoms with Crippen LogP contribution in [0.1, 0.15) is 18.7 Å². The van der Waals surface area contributed by atoms with Gasteiger partial charge < -0.3 is 5.32 Å². The maximum absolute atomic E-state index is 4.34. The smallest absolute Gasteiger partial charge is 0.143 e. The van der Waals surface area contributed by atoms with Gasteiger partial charge in [-0.2, -0.15) is 0 Å². The van der Waals surface area contributed by atoms with Crippen LogP contribution in [0.4, 0.5) is 5.69 Å². The summed E-state index contributed by atoms with van der Waals surface area (Å²) in [5.74, 6) is 0. The Morgan fingerprint density at radius 3 is 2.60 bits per heavy atom. The van der Waals surface area contributed by atoms with Crippen LogP contribution >= 0.6 is 0 Å². The largest absolute Gasteiger partial charge is 0.377 e. The minimum atomic E-state index is 0.148. The van der Waals surface area contributed by atoms with Crippen molar-refractivity contribution >= 4 is 5.69 Å². The molecule has 1 aromatic carbocycles. The first-order valence-corrected chi connectivity index (χ1v) is 6.34. The van der Waals surface area contributed by atoms with E-state index in [9.17, 15) is 0 Å². The van der Waals surface area contributed by atoms with Crippen molar-refractivity contribution in [3.05, 3.63) is 60.7 Å². The topological polar surface area (TPSA) is 68.5 Å². The molecule has 0 bridgehead atoms. The molecule has 0 saturated heterocycles. The Morgan fingerprint density at radius 1 is 1.10 bits per heavy atom. The number of aromatic nitrogens is 5. The fourth-order valence-corrected chi connectivity index (χ4v) is 1.95. The van der Waals surface area contributed by atoms with Gasteiger partial charge in [0.2, 0.25) is 0 Å². The van der Waals surface area contributed by atoms with Crippen molar-refractivity contribution in [2.45, 2.75) is 13.0 Å². The summed E-state index contributed by atoms with van der Waals surface area (Å²) in [5.41, 5.74) is 2.96. The van der Waals surface area contributed by atoms with E-state index in [4.69, 9.17) is 0 Å². The van der Waals surface area contributed by atoms with E-state index in [1.807, 2.05) is 42.5 Å². The molecule has 3 aromatic rings. The molecule has 1 unspecified atom stereocenters. The lowest BCUT2D eigenvalue weighted by atomic mass is 10.2. The Morgan fingerprint density at radius 2 is 1.95 bits per heavy atom. The summed E-state index contributed by atoms with van der Waals surface area (Å²) in [7, 11) is 0. The van der Waals surface area contributed by atoms with Crippen molar-refractivity contribution in [2.24, 2.45) is 0 Å².